The molecule has 0 bridgehead atoms. The summed E-state index contributed by atoms with van der Waals surface area (Å²) in [6, 6.07) is 3.69. The summed E-state index contributed by atoms with van der Waals surface area (Å²) in [5.41, 5.74) is 0.0739. The van der Waals surface area contributed by atoms with E-state index in [2.05, 4.69) is 12.6 Å². The summed E-state index contributed by atoms with van der Waals surface area (Å²) in [6.45, 7) is 0.529. The summed E-state index contributed by atoms with van der Waals surface area (Å²) < 4.78 is 31.6. The predicted molar refractivity (Wildman–Crippen MR) is 75.8 cm³/mol. The van der Waals surface area contributed by atoms with E-state index in [0.29, 0.717) is 12.4 Å². The van der Waals surface area contributed by atoms with Crippen LogP contribution in [0.2, 0.25) is 0 Å². The third kappa shape index (κ3) is 3.85. The van der Waals surface area contributed by atoms with Gasteiger partial charge in [-0.2, -0.15) is 12.6 Å². The van der Waals surface area contributed by atoms with Gasteiger partial charge >= 0.3 is 0 Å². The second-order valence-electron chi connectivity index (χ2n) is 5.44. The van der Waals surface area contributed by atoms with Gasteiger partial charge in [0.15, 0.2) is 11.6 Å². The van der Waals surface area contributed by atoms with Gasteiger partial charge in [-0.05, 0) is 30.7 Å². The van der Waals surface area contributed by atoms with Crippen molar-refractivity contribution in [1.82, 2.24) is 0 Å². The molecule has 1 aromatic rings. The van der Waals surface area contributed by atoms with Crippen LogP contribution in [0.4, 0.5) is 8.78 Å². The standard InChI is InChI=1S/C15H20F2OS/c16-13-6-5-12(9-14(13)17)18-10-15(11-19)7-3-1-2-4-8-15/h5-6,9,19H,1-4,7-8,10-11H2. The Morgan fingerprint density at radius 1 is 1.05 bits per heavy atom. The lowest BCUT2D eigenvalue weighted by Gasteiger charge is -2.30. The topological polar surface area (TPSA) is 9.23 Å². The van der Waals surface area contributed by atoms with Gasteiger partial charge in [-0.3, -0.25) is 0 Å². The maximum absolute atomic E-state index is 13.1. The van der Waals surface area contributed by atoms with Crippen molar-refractivity contribution in [3.8, 4) is 5.75 Å². The van der Waals surface area contributed by atoms with Crippen molar-refractivity contribution in [2.45, 2.75) is 38.5 Å². The minimum absolute atomic E-state index is 0.0739. The van der Waals surface area contributed by atoms with Crippen molar-refractivity contribution >= 4 is 12.6 Å². The molecule has 0 spiro atoms. The second kappa shape index (κ2) is 6.60. The zero-order valence-corrected chi connectivity index (χ0v) is 11.9. The number of thiol groups is 1. The van der Waals surface area contributed by atoms with Gasteiger partial charge in [-0.15, -0.1) is 0 Å². The van der Waals surface area contributed by atoms with E-state index in [1.807, 2.05) is 0 Å². The first-order valence-electron chi connectivity index (χ1n) is 6.84. The van der Waals surface area contributed by atoms with Gasteiger partial charge in [0, 0.05) is 11.5 Å². The zero-order chi connectivity index (χ0) is 13.7. The van der Waals surface area contributed by atoms with E-state index in [4.69, 9.17) is 4.74 Å². The van der Waals surface area contributed by atoms with Crippen molar-refractivity contribution < 1.29 is 13.5 Å². The lowest BCUT2D eigenvalue weighted by Crippen LogP contribution is -2.30. The van der Waals surface area contributed by atoms with Crippen LogP contribution in [0.15, 0.2) is 18.2 Å². The fourth-order valence-corrected chi connectivity index (χ4v) is 3.04. The summed E-state index contributed by atoms with van der Waals surface area (Å²) in [6.07, 6.45) is 7.12. The average Bonchev–Trinajstić information content (AvgIpc) is 2.66. The Morgan fingerprint density at radius 3 is 2.32 bits per heavy atom. The lowest BCUT2D eigenvalue weighted by atomic mass is 9.83. The fourth-order valence-electron chi connectivity index (χ4n) is 2.63. The Bertz CT molecular complexity index is 415. The van der Waals surface area contributed by atoms with Crippen molar-refractivity contribution in [2.75, 3.05) is 12.4 Å². The predicted octanol–water partition coefficient (Wildman–Crippen LogP) is 4.61. The molecule has 19 heavy (non-hydrogen) atoms. The number of hydrogen-bond acceptors (Lipinski definition) is 2. The van der Waals surface area contributed by atoms with E-state index < -0.39 is 11.6 Å². The molecule has 0 unspecified atom stereocenters. The Labute approximate surface area is 118 Å². The molecule has 106 valence electrons. The van der Waals surface area contributed by atoms with Crippen molar-refractivity contribution in [3.05, 3.63) is 29.8 Å². The first kappa shape index (κ1) is 14.6. The third-order valence-electron chi connectivity index (χ3n) is 3.94. The molecule has 0 atom stereocenters. The lowest BCUT2D eigenvalue weighted by molar-refractivity contribution is 0.148. The smallest absolute Gasteiger partial charge is 0.162 e. The maximum atomic E-state index is 13.1. The average molecular weight is 286 g/mol. The summed E-state index contributed by atoms with van der Waals surface area (Å²) in [5.74, 6) is -0.537. The number of hydrogen-bond donors (Lipinski definition) is 1. The SMILES string of the molecule is Fc1ccc(OCC2(CS)CCCCCC2)cc1F. The van der Waals surface area contributed by atoms with Crippen LogP contribution in [0.25, 0.3) is 0 Å². The van der Waals surface area contributed by atoms with E-state index in [9.17, 15) is 8.78 Å². The molecule has 2 rings (SSSR count). The van der Waals surface area contributed by atoms with Crippen molar-refractivity contribution in [3.63, 3.8) is 0 Å². The van der Waals surface area contributed by atoms with E-state index >= 15 is 0 Å². The Hall–Kier alpha value is -0.770. The molecule has 1 saturated carbocycles. The molecular formula is C15H20F2OS. The molecule has 0 N–H and O–H groups in total. The zero-order valence-electron chi connectivity index (χ0n) is 11.0. The Balaban J connectivity index is 2.00. The number of rotatable bonds is 4. The second-order valence-corrected chi connectivity index (χ2v) is 5.75. The van der Waals surface area contributed by atoms with Gasteiger partial charge in [0.05, 0.1) is 6.61 Å². The summed E-state index contributed by atoms with van der Waals surface area (Å²) >= 11 is 4.47. The molecule has 1 fully saturated rings. The van der Waals surface area contributed by atoms with Crippen LogP contribution in [0.5, 0.6) is 5.75 Å². The van der Waals surface area contributed by atoms with Gasteiger partial charge < -0.3 is 4.74 Å². The van der Waals surface area contributed by atoms with E-state index in [1.165, 1.54) is 31.7 Å². The highest BCUT2D eigenvalue weighted by Gasteiger charge is 2.30. The summed E-state index contributed by atoms with van der Waals surface area (Å²) in [7, 11) is 0. The quantitative estimate of drug-likeness (QED) is 0.628. The molecule has 0 amide bonds. The molecule has 0 saturated heterocycles. The molecule has 1 nitrogen and oxygen atoms in total. The molecule has 1 aliphatic rings. The molecule has 0 heterocycles. The monoisotopic (exact) mass is 286 g/mol. The van der Waals surface area contributed by atoms with Crippen LogP contribution in [-0.2, 0) is 0 Å². The fraction of sp³-hybridized carbons (Fsp3) is 0.600. The first-order valence-corrected chi connectivity index (χ1v) is 7.47. The Morgan fingerprint density at radius 2 is 1.74 bits per heavy atom. The van der Waals surface area contributed by atoms with E-state index in [1.54, 1.807) is 0 Å². The number of halogens is 2. The maximum Gasteiger partial charge on any atom is 0.162 e. The van der Waals surface area contributed by atoms with Gasteiger partial charge in [-0.25, -0.2) is 8.78 Å². The van der Waals surface area contributed by atoms with E-state index in [-0.39, 0.29) is 5.41 Å². The molecule has 1 aliphatic carbocycles. The first-order chi connectivity index (χ1) is 9.15. The molecule has 4 heteroatoms. The van der Waals surface area contributed by atoms with Gasteiger partial charge in [0.2, 0.25) is 0 Å². The molecule has 0 radical (unpaired) electrons. The van der Waals surface area contributed by atoms with Gasteiger partial charge in [0.25, 0.3) is 0 Å². The highest BCUT2D eigenvalue weighted by molar-refractivity contribution is 7.80. The van der Waals surface area contributed by atoms with Crippen LogP contribution in [-0.4, -0.2) is 12.4 Å². The van der Waals surface area contributed by atoms with Gasteiger partial charge in [0.1, 0.15) is 5.75 Å². The minimum Gasteiger partial charge on any atom is -0.493 e. The molecule has 0 aliphatic heterocycles. The minimum atomic E-state index is -0.863. The Kier molecular flexibility index (Phi) is 5.08. The summed E-state index contributed by atoms with van der Waals surface area (Å²) in [4.78, 5) is 0. The van der Waals surface area contributed by atoms with Gasteiger partial charge in [-0.1, -0.05) is 25.7 Å². The highest BCUT2D eigenvalue weighted by atomic mass is 32.1. The van der Waals surface area contributed by atoms with Crippen LogP contribution >= 0.6 is 12.6 Å². The third-order valence-corrected chi connectivity index (χ3v) is 4.61. The highest BCUT2D eigenvalue weighted by Crippen LogP contribution is 2.36. The van der Waals surface area contributed by atoms with Crippen LogP contribution < -0.4 is 4.74 Å². The van der Waals surface area contributed by atoms with Crippen LogP contribution in [0.1, 0.15) is 38.5 Å². The normalized spacial score (nSPS) is 18.9. The van der Waals surface area contributed by atoms with Crippen molar-refractivity contribution in [1.29, 1.82) is 0 Å². The molecule has 0 aromatic heterocycles. The van der Waals surface area contributed by atoms with Crippen molar-refractivity contribution in [2.24, 2.45) is 5.41 Å². The summed E-state index contributed by atoms with van der Waals surface area (Å²) in [5, 5.41) is 0. The number of ether oxygens (including phenoxy) is 1. The van der Waals surface area contributed by atoms with Crippen LogP contribution in [0.3, 0.4) is 0 Å². The molecule has 1 aromatic carbocycles. The van der Waals surface area contributed by atoms with E-state index in [0.717, 1.165) is 30.7 Å². The number of benzene rings is 1. The molecular weight excluding hydrogens is 266 g/mol. The van der Waals surface area contributed by atoms with Crippen LogP contribution in [0, 0.1) is 17.0 Å². The largest absolute Gasteiger partial charge is 0.493 e.